The highest BCUT2D eigenvalue weighted by Gasteiger charge is 2.16. The summed E-state index contributed by atoms with van der Waals surface area (Å²) in [6.07, 6.45) is 4.93. The van der Waals surface area contributed by atoms with Crippen molar-refractivity contribution in [3.8, 4) is 11.1 Å². The molecule has 0 spiro atoms. The molecule has 2 heterocycles. The molecule has 2 nitrogen and oxygen atoms in total. The zero-order valence-corrected chi connectivity index (χ0v) is 13.6. The van der Waals surface area contributed by atoms with E-state index in [-0.39, 0.29) is 5.82 Å². The Morgan fingerprint density at radius 2 is 1.92 bits per heavy atom. The van der Waals surface area contributed by atoms with Crippen LogP contribution in [0.5, 0.6) is 0 Å². The molecule has 4 rings (SSSR count). The van der Waals surface area contributed by atoms with Gasteiger partial charge in [0, 0.05) is 22.7 Å². The number of rotatable bonds is 2. The SMILES string of the molecule is Cc1ccc2c(-c3ccc(F)cc3)c(C3=CCOCC3)cnc2c1. The molecular weight excluding hydrogens is 301 g/mol. The summed E-state index contributed by atoms with van der Waals surface area (Å²) in [6.45, 7) is 3.42. The maximum absolute atomic E-state index is 13.4. The number of hydrogen-bond donors (Lipinski definition) is 0. The monoisotopic (exact) mass is 319 g/mol. The second-order valence-corrected chi connectivity index (χ2v) is 6.13. The van der Waals surface area contributed by atoms with Crippen molar-refractivity contribution in [2.75, 3.05) is 13.2 Å². The van der Waals surface area contributed by atoms with Gasteiger partial charge in [0.2, 0.25) is 0 Å². The lowest BCUT2D eigenvalue weighted by Gasteiger charge is -2.19. The summed E-state index contributed by atoms with van der Waals surface area (Å²) in [5.74, 6) is -0.222. The maximum Gasteiger partial charge on any atom is 0.123 e. The van der Waals surface area contributed by atoms with Crippen LogP contribution in [-0.4, -0.2) is 18.2 Å². The summed E-state index contributed by atoms with van der Waals surface area (Å²) < 4.78 is 18.8. The quantitative estimate of drug-likeness (QED) is 0.651. The van der Waals surface area contributed by atoms with Crippen LogP contribution in [0.25, 0.3) is 27.6 Å². The van der Waals surface area contributed by atoms with Gasteiger partial charge in [-0.1, -0.05) is 30.3 Å². The molecule has 1 aliphatic rings. The Morgan fingerprint density at radius 3 is 2.67 bits per heavy atom. The molecule has 3 heteroatoms. The summed E-state index contributed by atoms with van der Waals surface area (Å²) in [5, 5.41) is 1.09. The van der Waals surface area contributed by atoms with Gasteiger partial charge in [-0.05, 0) is 48.2 Å². The second-order valence-electron chi connectivity index (χ2n) is 6.13. The average Bonchev–Trinajstić information content (AvgIpc) is 2.62. The maximum atomic E-state index is 13.4. The molecule has 24 heavy (non-hydrogen) atoms. The van der Waals surface area contributed by atoms with Crippen molar-refractivity contribution in [2.45, 2.75) is 13.3 Å². The second kappa shape index (κ2) is 6.17. The van der Waals surface area contributed by atoms with E-state index >= 15 is 0 Å². The number of fused-ring (bicyclic) bond motifs is 1. The van der Waals surface area contributed by atoms with E-state index in [1.54, 1.807) is 0 Å². The first kappa shape index (κ1) is 15.0. The van der Waals surface area contributed by atoms with Gasteiger partial charge in [0.25, 0.3) is 0 Å². The Bertz CT molecular complexity index is 928. The topological polar surface area (TPSA) is 22.1 Å². The predicted octanol–water partition coefficient (Wildman–Crippen LogP) is 5.15. The Labute approximate surface area is 140 Å². The third-order valence-corrected chi connectivity index (χ3v) is 4.47. The third kappa shape index (κ3) is 2.72. The molecule has 0 fully saturated rings. The lowest BCUT2D eigenvalue weighted by molar-refractivity contribution is 0.161. The molecule has 120 valence electrons. The minimum Gasteiger partial charge on any atom is -0.377 e. The van der Waals surface area contributed by atoms with E-state index in [1.165, 1.54) is 23.3 Å². The average molecular weight is 319 g/mol. The van der Waals surface area contributed by atoms with Crippen molar-refractivity contribution >= 4 is 16.5 Å². The fourth-order valence-corrected chi connectivity index (χ4v) is 3.25. The number of halogens is 1. The van der Waals surface area contributed by atoms with E-state index in [4.69, 9.17) is 4.74 Å². The third-order valence-electron chi connectivity index (χ3n) is 4.47. The number of benzene rings is 2. The van der Waals surface area contributed by atoms with Gasteiger partial charge in [0.05, 0.1) is 18.7 Å². The van der Waals surface area contributed by atoms with Crippen molar-refractivity contribution in [2.24, 2.45) is 0 Å². The fourth-order valence-electron chi connectivity index (χ4n) is 3.25. The van der Waals surface area contributed by atoms with E-state index in [0.717, 1.165) is 40.6 Å². The normalized spacial score (nSPS) is 14.7. The lowest BCUT2D eigenvalue weighted by Crippen LogP contribution is -2.05. The van der Waals surface area contributed by atoms with Gasteiger partial charge in [-0.25, -0.2) is 4.39 Å². The minimum atomic E-state index is -0.222. The Kier molecular flexibility index (Phi) is 3.87. The summed E-state index contributed by atoms with van der Waals surface area (Å²) in [4.78, 5) is 4.67. The first-order valence-corrected chi connectivity index (χ1v) is 8.15. The minimum absolute atomic E-state index is 0.222. The van der Waals surface area contributed by atoms with Crippen LogP contribution in [-0.2, 0) is 4.74 Å². The fraction of sp³-hybridized carbons (Fsp3) is 0.190. The molecule has 1 aromatic heterocycles. The van der Waals surface area contributed by atoms with E-state index < -0.39 is 0 Å². The highest BCUT2D eigenvalue weighted by atomic mass is 19.1. The van der Waals surface area contributed by atoms with E-state index in [2.05, 4.69) is 36.2 Å². The number of aromatic nitrogens is 1. The standard InChI is InChI=1S/C21H18FNO/c1-14-2-7-18-20(12-14)23-13-19(15-8-10-24-11-9-15)21(18)16-3-5-17(22)6-4-16/h2-8,12-13H,9-11H2,1H3. The molecule has 0 amide bonds. The van der Waals surface area contributed by atoms with Crippen LogP contribution in [0.15, 0.2) is 54.7 Å². The van der Waals surface area contributed by atoms with Gasteiger partial charge in [-0.15, -0.1) is 0 Å². The van der Waals surface area contributed by atoms with Gasteiger partial charge >= 0.3 is 0 Å². The summed E-state index contributed by atoms with van der Waals surface area (Å²) >= 11 is 0. The molecule has 0 radical (unpaired) electrons. The van der Waals surface area contributed by atoms with E-state index in [9.17, 15) is 4.39 Å². The van der Waals surface area contributed by atoms with Crippen molar-refractivity contribution in [1.29, 1.82) is 0 Å². The predicted molar refractivity (Wildman–Crippen MR) is 95.3 cm³/mol. The zero-order chi connectivity index (χ0) is 16.5. The van der Waals surface area contributed by atoms with Crippen molar-refractivity contribution in [3.63, 3.8) is 0 Å². The number of ether oxygens (including phenoxy) is 1. The van der Waals surface area contributed by atoms with Gasteiger partial charge < -0.3 is 4.74 Å². The molecule has 2 aromatic carbocycles. The highest BCUT2D eigenvalue weighted by molar-refractivity contribution is 6.00. The van der Waals surface area contributed by atoms with Crippen LogP contribution in [0.2, 0.25) is 0 Å². The summed E-state index contributed by atoms with van der Waals surface area (Å²) in [6, 6.07) is 13.0. The largest absolute Gasteiger partial charge is 0.377 e. The van der Waals surface area contributed by atoms with Crippen LogP contribution >= 0.6 is 0 Å². The Balaban J connectivity index is 2.01. The molecule has 0 aliphatic carbocycles. The summed E-state index contributed by atoms with van der Waals surface area (Å²) in [7, 11) is 0. The van der Waals surface area contributed by atoms with Gasteiger partial charge in [0.15, 0.2) is 0 Å². The van der Waals surface area contributed by atoms with Crippen LogP contribution in [0.3, 0.4) is 0 Å². The first-order chi connectivity index (χ1) is 11.7. The van der Waals surface area contributed by atoms with Crippen molar-refractivity contribution < 1.29 is 9.13 Å². The Morgan fingerprint density at radius 1 is 1.08 bits per heavy atom. The van der Waals surface area contributed by atoms with Crippen molar-refractivity contribution in [3.05, 3.63) is 71.7 Å². The van der Waals surface area contributed by atoms with Gasteiger partial charge in [-0.3, -0.25) is 4.98 Å². The Hall–Kier alpha value is -2.52. The molecule has 0 saturated heterocycles. The smallest absolute Gasteiger partial charge is 0.123 e. The molecule has 0 atom stereocenters. The summed E-state index contributed by atoms with van der Waals surface area (Å²) in [5.41, 5.74) is 6.63. The molecule has 0 bridgehead atoms. The van der Waals surface area contributed by atoms with Crippen LogP contribution in [0.1, 0.15) is 17.5 Å². The molecule has 0 N–H and O–H groups in total. The van der Waals surface area contributed by atoms with Crippen LogP contribution in [0, 0.1) is 12.7 Å². The number of nitrogens with zero attached hydrogens (tertiary/aromatic N) is 1. The molecular formula is C21H18FNO. The molecule has 0 saturated carbocycles. The van der Waals surface area contributed by atoms with Gasteiger partial charge in [0.1, 0.15) is 5.82 Å². The lowest BCUT2D eigenvalue weighted by atomic mass is 9.90. The molecule has 3 aromatic rings. The first-order valence-electron chi connectivity index (χ1n) is 8.15. The number of pyridine rings is 1. The van der Waals surface area contributed by atoms with E-state index in [0.29, 0.717) is 6.61 Å². The zero-order valence-electron chi connectivity index (χ0n) is 13.6. The van der Waals surface area contributed by atoms with Crippen LogP contribution < -0.4 is 0 Å². The van der Waals surface area contributed by atoms with Gasteiger partial charge in [-0.2, -0.15) is 0 Å². The molecule has 0 unspecified atom stereocenters. The highest BCUT2D eigenvalue weighted by Crippen LogP contribution is 2.36. The molecule has 1 aliphatic heterocycles. The van der Waals surface area contributed by atoms with E-state index in [1.807, 2.05) is 18.3 Å². The van der Waals surface area contributed by atoms with Crippen LogP contribution in [0.4, 0.5) is 4.39 Å². The number of aryl methyl sites for hydroxylation is 1. The number of hydrogen-bond acceptors (Lipinski definition) is 2. The van der Waals surface area contributed by atoms with Crippen molar-refractivity contribution in [1.82, 2.24) is 4.98 Å².